The van der Waals surface area contributed by atoms with Crippen LogP contribution in [0.5, 0.6) is 0 Å². The van der Waals surface area contributed by atoms with Crippen LogP contribution in [-0.4, -0.2) is 100 Å². The van der Waals surface area contributed by atoms with Crippen molar-refractivity contribution < 1.29 is 4.57 Å². The third-order valence-corrected chi connectivity index (χ3v) is 5.50. The van der Waals surface area contributed by atoms with Crippen molar-refractivity contribution in [2.75, 3.05) is 80.5 Å². The lowest BCUT2D eigenvalue weighted by molar-refractivity contribution is -0.671. The third-order valence-electron chi connectivity index (χ3n) is 5.50. The van der Waals surface area contributed by atoms with Gasteiger partial charge in [-0.15, -0.1) is 0 Å². The number of aryl methyl sites for hydroxylation is 1. The Kier molecular flexibility index (Phi) is 17.2. The van der Waals surface area contributed by atoms with Crippen molar-refractivity contribution in [3.63, 3.8) is 0 Å². The van der Waals surface area contributed by atoms with E-state index in [2.05, 4.69) is 47.8 Å². The molecule has 0 aromatic carbocycles. The standard InChI is InChI=1S/C6H14N2.C6H13N.C6H8N.C5H11N.CH4/c1-7-3-5-8(2)6-4-7;2*1-7-5-3-2-4-6-7;1-6-4-2-3-5-6;/h3-6H2,1-2H3;2-6H2,1H3;2-6H,1H3;2-5H2,1H3;1H4/q;;+1;;. The first-order valence-electron chi connectivity index (χ1n) is 11.1. The second-order valence-corrected chi connectivity index (χ2v) is 8.52. The van der Waals surface area contributed by atoms with E-state index in [0.29, 0.717) is 0 Å². The molecule has 5 heteroatoms. The lowest BCUT2D eigenvalue weighted by Gasteiger charge is -2.28. The summed E-state index contributed by atoms with van der Waals surface area (Å²) in [4.78, 5) is 9.48. The largest absolute Gasteiger partial charge is 0.306 e. The van der Waals surface area contributed by atoms with Crippen LogP contribution in [0.3, 0.4) is 0 Å². The quantitative estimate of drug-likeness (QED) is 0.614. The molecule has 0 N–H and O–H groups in total. The lowest BCUT2D eigenvalue weighted by atomic mass is 10.1. The van der Waals surface area contributed by atoms with Crippen molar-refractivity contribution in [1.29, 1.82) is 0 Å². The number of nitrogens with zero attached hydrogens (tertiary/aromatic N) is 5. The number of hydrogen-bond acceptors (Lipinski definition) is 4. The van der Waals surface area contributed by atoms with Crippen molar-refractivity contribution in [1.82, 2.24) is 19.6 Å². The number of likely N-dealkylation sites (tertiary alicyclic amines) is 2. The Balaban J connectivity index is 0.000000358. The van der Waals surface area contributed by atoms with E-state index in [4.69, 9.17) is 0 Å². The van der Waals surface area contributed by atoms with Gasteiger partial charge in [0.2, 0.25) is 0 Å². The van der Waals surface area contributed by atoms with Gasteiger partial charge in [0.05, 0.1) is 0 Å². The number of pyridine rings is 1. The predicted molar refractivity (Wildman–Crippen MR) is 127 cm³/mol. The molecule has 1 aromatic heterocycles. The molecular formula is C24H50N5+. The van der Waals surface area contributed by atoms with E-state index >= 15 is 0 Å². The summed E-state index contributed by atoms with van der Waals surface area (Å²) in [5.74, 6) is 0. The van der Waals surface area contributed by atoms with E-state index in [1.807, 2.05) is 42.2 Å². The minimum atomic E-state index is 0. The van der Waals surface area contributed by atoms with Gasteiger partial charge in [0.15, 0.2) is 12.4 Å². The van der Waals surface area contributed by atoms with Crippen LogP contribution < -0.4 is 4.57 Å². The maximum atomic E-state index is 2.39. The number of piperazine rings is 1. The smallest absolute Gasteiger partial charge is 0.168 e. The van der Waals surface area contributed by atoms with Crippen LogP contribution in [0.15, 0.2) is 30.6 Å². The molecule has 0 amide bonds. The zero-order valence-electron chi connectivity index (χ0n) is 19.3. The molecule has 170 valence electrons. The molecule has 4 heterocycles. The van der Waals surface area contributed by atoms with Crippen molar-refractivity contribution >= 4 is 0 Å². The molecule has 5 nitrogen and oxygen atoms in total. The molecule has 0 aliphatic carbocycles. The molecule has 0 radical (unpaired) electrons. The van der Waals surface area contributed by atoms with Crippen molar-refractivity contribution in [2.45, 2.75) is 39.5 Å². The Morgan fingerprint density at radius 1 is 0.483 bits per heavy atom. The fourth-order valence-corrected chi connectivity index (χ4v) is 3.32. The first-order chi connectivity index (χ1) is 13.5. The second kappa shape index (κ2) is 17.8. The molecule has 4 rings (SSSR count). The molecule has 0 spiro atoms. The van der Waals surface area contributed by atoms with Gasteiger partial charge < -0.3 is 19.6 Å². The van der Waals surface area contributed by atoms with Crippen molar-refractivity contribution in [3.05, 3.63) is 30.6 Å². The minimum absolute atomic E-state index is 0. The van der Waals surface area contributed by atoms with Gasteiger partial charge in [-0.3, -0.25) is 0 Å². The summed E-state index contributed by atoms with van der Waals surface area (Å²) in [5, 5.41) is 0. The summed E-state index contributed by atoms with van der Waals surface area (Å²) >= 11 is 0. The van der Waals surface area contributed by atoms with Crippen LogP contribution in [0.4, 0.5) is 0 Å². The van der Waals surface area contributed by atoms with Gasteiger partial charge in [0.1, 0.15) is 7.05 Å². The fourth-order valence-electron chi connectivity index (χ4n) is 3.32. The van der Waals surface area contributed by atoms with Gasteiger partial charge in [-0.1, -0.05) is 19.9 Å². The third kappa shape index (κ3) is 16.5. The first-order valence-corrected chi connectivity index (χ1v) is 11.1. The van der Waals surface area contributed by atoms with Crippen LogP contribution in [0.25, 0.3) is 0 Å². The van der Waals surface area contributed by atoms with Gasteiger partial charge in [0.25, 0.3) is 0 Å². The van der Waals surface area contributed by atoms with Crippen LogP contribution in [0.1, 0.15) is 39.5 Å². The molecule has 0 saturated carbocycles. The Bertz CT molecular complexity index is 438. The normalized spacial score (nSPS) is 20.7. The average Bonchev–Trinajstić information content (AvgIpc) is 3.18. The minimum Gasteiger partial charge on any atom is -0.306 e. The van der Waals surface area contributed by atoms with E-state index < -0.39 is 0 Å². The Morgan fingerprint density at radius 2 is 0.793 bits per heavy atom. The number of rotatable bonds is 0. The molecular weight excluding hydrogens is 358 g/mol. The number of piperidine rings is 1. The van der Waals surface area contributed by atoms with Crippen LogP contribution >= 0.6 is 0 Å². The van der Waals surface area contributed by atoms with Crippen molar-refractivity contribution in [3.8, 4) is 0 Å². The summed E-state index contributed by atoms with van der Waals surface area (Å²) < 4.78 is 2.00. The van der Waals surface area contributed by atoms with Crippen LogP contribution in [0, 0.1) is 0 Å². The molecule has 3 fully saturated rings. The van der Waals surface area contributed by atoms with E-state index in [1.165, 1.54) is 84.5 Å². The molecule has 0 unspecified atom stereocenters. The van der Waals surface area contributed by atoms with E-state index in [1.54, 1.807) is 0 Å². The van der Waals surface area contributed by atoms with E-state index in [-0.39, 0.29) is 7.43 Å². The summed E-state index contributed by atoms with van der Waals surface area (Å²) in [6.07, 6.45) is 11.1. The summed E-state index contributed by atoms with van der Waals surface area (Å²) in [6, 6.07) is 6.00. The zero-order valence-corrected chi connectivity index (χ0v) is 19.3. The second-order valence-electron chi connectivity index (χ2n) is 8.52. The topological polar surface area (TPSA) is 16.8 Å². The van der Waals surface area contributed by atoms with Gasteiger partial charge in [-0.05, 0) is 80.1 Å². The summed E-state index contributed by atoms with van der Waals surface area (Å²) in [7, 11) is 10.7. The molecule has 0 bridgehead atoms. The van der Waals surface area contributed by atoms with Crippen molar-refractivity contribution in [2.24, 2.45) is 7.05 Å². The highest BCUT2D eigenvalue weighted by atomic mass is 15.2. The van der Waals surface area contributed by atoms with Crippen LogP contribution in [-0.2, 0) is 7.05 Å². The zero-order chi connectivity index (χ0) is 20.6. The average molecular weight is 409 g/mol. The summed E-state index contributed by atoms with van der Waals surface area (Å²) in [5.41, 5.74) is 0. The highest BCUT2D eigenvalue weighted by Crippen LogP contribution is 2.04. The molecule has 3 saturated heterocycles. The molecule has 0 atom stereocenters. The number of aromatic nitrogens is 1. The molecule has 1 aromatic rings. The highest BCUT2D eigenvalue weighted by Gasteiger charge is 2.07. The maximum Gasteiger partial charge on any atom is 0.168 e. The Morgan fingerprint density at radius 3 is 1.00 bits per heavy atom. The molecule has 3 aliphatic heterocycles. The molecule has 29 heavy (non-hydrogen) atoms. The Labute approximate surface area is 182 Å². The van der Waals surface area contributed by atoms with E-state index in [9.17, 15) is 0 Å². The van der Waals surface area contributed by atoms with Gasteiger partial charge in [-0.2, -0.15) is 0 Å². The maximum absolute atomic E-state index is 2.39. The van der Waals surface area contributed by atoms with Gasteiger partial charge in [-0.25, -0.2) is 4.57 Å². The van der Waals surface area contributed by atoms with E-state index in [0.717, 1.165) is 0 Å². The summed E-state index contributed by atoms with van der Waals surface area (Å²) in [6.45, 7) is 10.2. The number of likely N-dealkylation sites (N-methyl/N-ethyl adjacent to an activating group) is 2. The highest BCUT2D eigenvalue weighted by molar-refractivity contribution is 4.83. The monoisotopic (exact) mass is 408 g/mol. The fraction of sp³-hybridized carbons (Fsp3) is 0.792. The van der Waals surface area contributed by atoms with Gasteiger partial charge >= 0.3 is 0 Å². The lowest BCUT2D eigenvalue weighted by Crippen LogP contribution is -2.42. The predicted octanol–water partition coefficient (Wildman–Crippen LogP) is 2.82. The van der Waals surface area contributed by atoms with Crippen LogP contribution in [0.2, 0.25) is 0 Å². The Hall–Kier alpha value is -1.01. The molecule has 3 aliphatic rings. The number of hydrogen-bond donors (Lipinski definition) is 0. The van der Waals surface area contributed by atoms with Gasteiger partial charge in [0, 0.05) is 38.3 Å². The SMILES string of the molecule is C.CN1CCCC1.CN1CCCCC1.CN1CCN(C)CC1.C[n+]1ccccc1. The first kappa shape index (κ1) is 28.0.